The summed E-state index contributed by atoms with van der Waals surface area (Å²) in [7, 11) is 0. The van der Waals surface area contributed by atoms with Gasteiger partial charge in [-0.25, -0.2) is 9.78 Å². The zero-order valence-corrected chi connectivity index (χ0v) is 12.7. The number of aromatic nitrogens is 1. The lowest BCUT2D eigenvalue weighted by molar-refractivity contribution is -0.142. The summed E-state index contributed by atoms with van der Waals surface area (Å²) < 4.78 is 5.35. The van der Waals surface area contributed by atoms with Crippen molar-refractivity contribution in [3.8, 4) is 0 Å². The van der Waals surface area contributed by atoms with E-state index in [1.807, 2.05) is 20.8 Å². The Labute approximate surface area is 124 Å². The maximum absolute atomic E-state index is 11.6. The molecule has 7 heteroatoms. The molecule has 1 atom stereocenters. The second-order valence-electron chi connectivity index (χ2n) is 5.30. The van der Waals surface area contributed by atoms with Gasteiger partial charge >= 0.3 is 12.0 Å². The molecule has 0 aliphatic rings. The Morgan fingerprint density at radius 3 is 2.62 bits per heavy atom. The number of carbonyl (C=O) groups is 2. The maximum Gasteiger partial charge on any atom is 0.315 e. The minimum atomic E-state index is -0.899. The first-order valence-electron chi connectivity index (χ1n) is 7.10. The number of carboxylic acids is 1. The quantitative estimate of drug-likeness (QED) is 0.678. The van der Waals surface area contributed by atoms with Crippen LogP contribution < -0.4 is 10.6 Å². The lowest BCUT2D eigenvalue weighted by atomic mass is 9.97. The molecule has 0 spiro atoms. The van der Waals surface area contributed by atoms with E-state index in [-0.39, 0.29) is 19.0 Å². The second kappa shape index (κ2) is 8.28. The Morgan fingerprint density at radius 2 is 2.10 bits per heavy atom. The molecule has 0 bridgehead atoms. The Balaban J connectivity index is 2.33. The van der Waals surface area contributed by atoms with Crippen molar-refractivity contribution in [2.24, 2.45) is 11.8 Å². The normalized spacial score (nSPS) is 12.2. The van der Waals surface area contributed by atoms with Crippen LogP contribution in [0.2, 0.25) is 0 Å². The highest BCUT2D eigenvalue weighted by molar-refractivity contribution is 5.75. The fraction of sp³-hybridized carbons (Fsp3) is 0.643. The van der Waals surface area contributed by atoms with Crippen molar-refractivity contribution in [2.75, 3.05) is 6.54 Å². The van der Waals surface area contributed by atoms with Crippen LogP contribution in [-0.2, 0) is 17.8 Å². The fourth-order valence-corrected chi connectivity index (χ4v) is 1.87. The molecule has 0 aliphatic carbocycles. The van der Waals surface area contributed by atoms with Crippen LogP contribution in [0.5, 0.6) is 0 Å². The van der Waals surface area contributed by atoms with E-state index in [9.17, 15) is 9.59 Å². The van der Waals surface area contributed by atoms with Crippen LogP contribution in [0.1, 0.15) is 38.8 Å². The summed E-state index contributed by atoms with van der Waals surface area (Å²) in [5.41, 5.74) is 0. The van der Waals surface area contributed by atoms with Gasteiger partial charge in [0, 0.05) is 13.0 Å². The molecule has 21 heavy (non-hydrogen) atoms. The van der Waals surface area contributed by atoms with Crippen LogP contribution in [0.15, 0.2) is 10.6 Å². The van der Waals surface area contributed by atoms with Crippen LogP contribution in [0, 0.1) is 11.8 Å². The highest BCUT2D eigenvalue weighted by Crippen LogP contribution is 2.11. The molecule has 0 saturated heterocycles. The van der Waals surface area contributed by atoms with E-state index >= 15 is 0 Å². The summed E-state index contributed by atoms with van der Waals surface area (Å²) in [6.07, 6.45) is 2.89. The molecule has 0 radical (unpaired) electrons. The smallest absolute Gasteiger partial charge is 0.315 e. The van der Waals surface area contributed by atoms with Gasteiger partial charge in [-0.15, -0.1) is 0 Å². The van der Waals surface area contributed by atoms with E-state index in [4.69, 9.17) is 9.52 Å². The Hall–Kier alpha value is -2.05. The maximum atomic E-state index is 11.6. The van der Waals surface area contributed by atoms with Gasteiger partial charge in [0.15, 0.2) is 0 Å². The summed E-state index contributed by atoms with van der Waals surface area (Å²) in [6, 6.07) is -0.429. The van der Waals surface area contributed by atoms with Gasteiger partial charge in [-0.05, 0) is 12.3 Å². The molecule has 0 saturated carbocycles. The molecule has 0 aromatic carbocycles. The summed E-state index contributed by atoms with van der Waals surface area (Å²) >= 11 is 0. The third-order valence-corrected chi connectivity index (χ3v) is 2.96. The number of urea groups is 1. The number of carboxylic acid groups (broad SMARTS) is 1. The molecule has 118 valence electrons. The summed E-state index contributed by atoms with van der Waals surface area (Å²) in [5.74, 6) is -0.0294. The van der Waals surface area contributed by atoms with Crippen molar-refractivity contribution < 1.29 is 19.1 Å². The first kappa shape index (κ1) is 17.0. The molecular formula is C14H23N3O4. The van der Waals surface area contributed by atoms with Gasteiger partial charge in [0.25, 0.3) is 0 Å². The third-order valence-electron chi connectivity index (χ3n) is 2.96. The van der Waals surface area contributed by atoms with Crippen molar-refractivity contribution in [3.63, 3.8) is 0 Å². The first-order chi connectivity index (χ1) is 9.92. The highest BCUT2D eigenvalue weighted by atomic mass is 16.4. The molecule has 1 aromatic rings. The molecule has 0 fully saturated rings. The molecule has 3 N–H and O–H groups in total. The van der Waals surface area contributed by atoms with Gasteiger partial charge < -0.3 is 20.2 Å². The van der Waals surface area contributed by atoms with Crippen LogP contribution in [0.4, 0.5) is 4.79 Å². The van der Waals surface area contributed by atoms with Crippen molar-refractivity contribution in [1.29, 1.82) is 0 Å². The van der Waals surface area contributed by atoms with Crippen LogP contribution in [0.25, 0.3) is 0 Å². The number of aryl methyl sites for hydroxylation is 1. The second-order valence-corrected chi connectivity index (χ2v) is 5.30. The number of amides is 2. The zero-order chi connectivity index (χ0) is 15.8. The monoisotopic (exact) mass is 297 g/mol. The first-order valence-corrected chi connectivity index (χ1v) is 7.10. The predicted molar refractivity (Wildman–Crippen MR) is 76.7 cm³/mol. The largest absolute Gasteiger partial charge is 0.481 e. The summed E-state index contributed by atoms with van der Waals surface area (Å²) in [5, 5.41) is 14.2. The number of oxazole rings is 1. The van der Waals surface area contributed by atoms with Crippen molar-refractivity contribution >= 4 is 12.0 Å². The topological polar surface area (TPSA) is 104 Å². The Morgan fingerprint density at radius 1 is 1.38 bits per heavy atom. The van der Waals surface area contributed by atoms with Gasteiger partial charge in [0.1, 0.15) is 5.76 Å². The van der Waals surface area contributed by atoms with Crippen molar-refractivity contribution in [3.05, 3.63) is 17.8 Å². The van der Waals surface area contributed by atoms with Crippen molar-refractivity contribution in [1.82, 2.24) is 15.6 Å². The molecule has 0 aliphatic heterocycles. The number of aliphatic carboxylic acids is 1. The molecular weight excluding hydrogens is 274 g/mol. The average molecular weight is 297 g/mol. The minimum Gasteiger partial charge on any atom is -0.481 e. The van der Waals surface area contributed by atoms with Gasteiger partial charge in [0.2, 0.25) is 5.89 Å². The van der Waals surface area contributed by atoms with E-state index < -0.39 is 17.9 Å². The number of rotatable bonds is 8. The van der Waals surface area contributed by atoms with Gasteiger partial charge in [0.05, 0.1) is 18.7 Å². The minimum absolute atomic E-state index is 0.102. The Bertz CT molecular complexity index is 471. The molecule has 1 aromatic heterocycles. The van der Waals surface area contributed by atoms with E-state index in [1.54, 1.807) is 6.20 Å². The van der Waals surface area contributed by atoms with Crippen LogP contribution in [-0.4, -0.2) is 28.6 Å². The number of hydrogen-bond acceptors (Lipinski definition) is 4. The van der Waals surface area contributed by atoms with E-state index in [0.717, 1.165) is 12.2 Å². The van der Waals surface area contributed by atoms with Gasteiger partial charge in [-0.3, -0.25) is 4.79 Å². The summed E-state index contributed by atoms with van der Waals surface area (Å²) in [4.78, 5) is 26.7. The van der Waals surface area contributed by atoms with Gasteiger partial charge in [-0.1, -0.05) is 20.8 Å². The Kier molecular flexibility index (Phi) is 6.71. The van der Waals surface area contributed by atoms with E-state index in [2.05, 4.69) is 15.6 Å². The van der Waals surface area contributed by atoms with Crippen LogP contribution >= 0.6 is 0 Å². The molecule has 1 rings (SSSR count). The molecule has 2 amide bonds. The number of nitrogens with one attached hydrogen (secondary N) is 2. The molecule has 1 heterocycles. The number of nitrogens with zero attached hydrogens (tertiary/aromatic N) is 1. The standard InChI is InChI=1S/C14H23N3O4/c1-4-11-7-15-12(21-11)8-17-14(20)16-6-10(13(18)19)5-9(2)3/h7,9-10H,4-6,8H2,1-3H3,(H,18,19)(H2,16,17,20). The number of carbonyl (C=O) groups excluding carboxylic acids is 1. The summed E-state index contributed by atoms with van der Waals surface area (Å²) in [6.45, 7) is 6.12. The molecule has 1 unspecified atom stereocenters. The predicted octanol–water partition coefficient (Wildman–Crippen LogP) is 1.78. The van der Waals surface area contributed by atoms with E-state index in [1.165, 1.54) is 0 Å². The lowest BCUT2D eigenvalue weighted by Crippen LogP contribution is -2.40. The third kappa shape index (κ3) is 6.29. The zero-order valence-electron chi connectivity index (χ0n) is 12.7. The average Bonchev–Trinajstić information content (AvgIpc) is 2.88. The molecule has 7 nitrogen and oxygen atoms in total. The highest BCUT2D eigenvalue weighted by Gasteiger charge is 2.19. The van der Waals surface area contributed by atoms with Gasteiger partial charge in [-0.2, -0.15) is 0 Å². The lowest BCUT2D eigenvalue weighted by Gasteiger charge is -2.15. The fourth-order valence-electron chi connectivity index (χ4n) is 1.87. The number of hydrogen-bond donors (Lipinski definition) is 3. The van der Waals surface area contributed by atoms with Crippen molar-refractivity contribution in [2.45, 2.75) is 40.2 Å². The van der Waals surface area contributed by atoms with E-state index in [0.29, 0.717) is 12.3 Å². The SMILES string of the molecule is CCc1cnc(CNC(=O)NCC(CC(C)C)C(=O)O)o1. The van der Waals surface area contributed by atoms with Crippen LogP contribution in [0.3, 0.4) is 0 Å².